The molecule has 164 valence electrons. The number of H-pyrrole nitrogens is 1. The summed E-state index contributed by atoms with van der Waals surface area (Å²) in [6.45, 7) is 6.59. The second-order valence-electron chi connectivity index (χ2n) is 8.22. The highest BCUT2D eigenvalue weighted by atomic mass is 19.1. The minimum absolute atomic E-state index is 0.372. The van der Waals surface area contributed by atoms with Crippen LogP contribution in [0.1, 0.15) is 19.5 Å². The van der Waals surface area contributed by atoms with Gasteiger partial charge in [-0.15, -0.1) is 0 Å². The summed E-state index contributed by atoms with van der Waals surface area (Å²) in [6, 6.07) is 6.23. The molecule has 1 fully saturated rings. The zero-order chi connectivity index (χ0) is 22.1. The molecule has 0 spiro atoms. The first kappa shape index (κ1) is 20.3. The number of anilines is 2. The third-order valence-electron chi connectivity index (χ3n) is 5.64. The summed E-state index contributed by atoms with van der Waals surface area (Å²) in [5.41, 5.74) is 3.64. The van der Waals surface area contributed by atoms with Gasteiger partial charge < -0.3 is 20.5 Å². The van der Waals surface area contributed by atoms with E-state index in [2.05, 4.69) is 49.3 Å². The molecule has 1 aliphatic heterocycles. The van der Waals surface area contributed by atoms with E-state index in [4.69, 9.17) is 4.98 Å². The Hall–Kier alpha value is -3.59. The van der Waals surface area contributed by atoms with Crippen LogP contribution in [0, 0.1) is 5.82 Å². The van der Waals surface area contributed by atoms with Crippen LogP contribution in [-0.2, 0) is 6.54 Å². The summed E-state index contributed by atoms with van der Waals surface area (Å²) in [5.74, 6) is 0.369. The van der Waals surface area contributed by atoms with Crippen molar-refractivity contribution in [1.82, 2.24) is 30.2 Å². The maximum absolute atomic E-state index is 14.4. The minimum Gasteiger partial charge on any atom is -0.379 e. The maximum Gasteiger partial charge on any atom is 0.225 e. The van der Waals surface area contributed by atoms with Gasteiger partial charge in [0.15, 0.2) is 0 Å². The molecule has 4 aromatic heterocycles. The number of piperazine rings is 1. The Morgan fingerprint density at radius 3 is 2.69 bits per heavy atom. The van der Waals surface area contributed by atoms with E-state index < -0.39 is 0 Å². The molecule has 5 heterocycles. The molecule has 0 radical (unpaired) electrons. The molecule has 1 saturated heterocycles. The van der Waals surface area contributed by atoms with Gasteiger partial charge in [0.2, 0.25) is 5.95 Å². The molecule has 0 aromatic carbocycles. The lowest BCUT2D eigenvalue weighted by Gasteiger charge is -2.36. The van der Waals surface area contributed by atoms with Gasteiger partial charge in [-0.25, -0.2) is 19.3 Å². The van der Waals surface area contributed by atoms with Gasteiger partial charge >= 0.3 is 0 Å². The fourth-order valence-corrected chi connectivity index (χ4v) is 4.32. The molecule has 0 saturated carbocycles. The standard InChI is InChI=1S/C23H25FN8/c1-14-12-32(13-15(2)30-14)23-27-7-3-16(31-23)9-28-20-5-8-26-22-21(20)18(10-29-22)17-4-6-25-11-19(17)24/h3-8,10-11,14-15,30H,9,12-13H2,1-2H3,(H2,26,28,29)/t14-,15+. The van der Waals surface area contributed by atoms with Crippen LogP contribution >= 0.6 is 0 Å². The highest BCUT2D eigenvalue weighted by molar-refractivity contribution is 6.02. The van der Waals surface area contributed by atoms with Gasteiger partial charge in [0.25, 0.3) is 0 Å². The predicted molar refractivity (Wildman–Crippen MR) is 123 cm³/mol. The number of hydrogen-bond acceptors (Lipinski definition) is 7. The molecule has 0 amide bonds. The molecule has 32 heavy (non-hydrogen) atoms. The zero-order valence-corrected chi connectivity index (χ0v) is 18.0. The molecule has 0 aliphatic carbocycles. The second-order valence-corrected chi connectivity index (χ2v) is 8.22. The van der Waals surface area contributed by atoms with Gasteiger partial charge in [-0.1, -0.05) is 0 Å². The minimum atomic E-state index is -0.372. The average molecular weight is 433 g/mol. The molecular formula is C23H25FN8. The zero-order valence-electron chi connectivity index (χ0n) is 18.0. The fraction of sp³-hybridized carbons (Fsp3) is 0.304. The molecule has 3 N–H and O–H groups in total. The SMILES string of the molecule is C[C@@H]1CN(c2nccc(CNc3ccnc4[nH]cc(-c5ccncc5F)c34)n2)C[C@H](C)N1. The van der Waals surface area contributed by atoms with Crippen molar-refractivity contribution in [2.24, 2.45) is 0 Å². The number of hydrogen-bond donors (Lipinski definition) is 3. The van der Waals surface area contributed by atoms with Crippen LogP contribution in [0.5, 0.6) is 0 Å². The Morgan fingerprint density at radius 2 is 1.88 bits per heavy atom. The van der Waals surface area contributed by atoms with Crippen molar-refractivity contribution in [2.75, 3.05) is 23.3 Å². The molecule has 1 aliphatic rings. The van der Waals surface area contributed by atoms with E-state index in [9.17, 15) is 4.39 Å². The van der Waals surface area contributed by atoms with Crippen molar-refractivity contribution >= 4 is 22.7 Å². The lowest BCUT2D eigenvalue weighted by Crippen LogP contribution is -2.54. The van der Waals surface area contributed by atoms with Crippen LogP contribution in [0.25, 0.3) is 22.2 Å². The number of rotatable bonds is 5. The van der Waals surface area contributed by atoms with Crippen molar-refractivity contribution in [2.45, 2.75) is 32.5 Å². The maximum atomic E-state index is 14.4. The van der Waals surface area contributed by atoms with Crippen LogP contribution in [0.3, 0.4) is 0 Å². The van der Waals surface area contributed by atoms with Crippen molar-refractivity contribution in [3.05, 3.63) is 60.7 Å². The largest absolute Gasteiger partial charge is 0.379 e. The molecule has 8 nitrogen and oxygen atoms in total. The third kappa shape index (κ3) is 3.99. The summed E-state index contributed by atoms with van der Waals surface area (Å²) in [5, 5.41) is 7.81. The van der Waals surface area contributed by atoms with Gasteiger partial charge in [0, 0.05) is 72.2 Å². The van der Waals surface area contributed by atoms with Crippen LogP contribution in [0.15, 0.2) is 49.2 Å². The number of nitrogens with zero attached hydrogens (tertiary/aromatic N) is 5. The van der Waals surface area contributed by atoms with Crippen molar-refractivity contribution < 1.29 is 4.39 Å². The van der Waals surface area contributed by atoms with E-state index in [-0.39, 0.29) is 5.82 Å². The first-order valence-electron chi connectivity index (χ1n) is 10.7. The van der Waals surface area contributed by atoms with E-state index in [1.165, 1.54) is 6.20 Å². The van der Waals surface area contributed by atoms with Crippen LogP contribution in [0.4, 0.5) is 16.0 Å². The highest BCUT2D eigenvalue weighted by Gasteiger charge is 2.23. The second kappa shape index (κ2) is 8.51. The Morgan fingerprint density at radius 1 is 1.06 bits per heavy atom. The van der Waals surface area contributed by atoms with Gasteiger partial charge in [0.1, 0.15) is 11.5 Å². The monoisotopic (exact) mass is 432 g/mol. The average Bonchev–Trinajstić information content (AvgIpc) is 3.22. The lowest BCUT2D eigenvalue weighted by atomic mass is 10.1. The van der Waals surface area contributed by atoms with E-state index in [1.807, 2.05) is 12.1 Å². The lowest BCUT2D eigenvalue weighted by molar-refractivity contribution is 0.403. The summed E-state index contributed by atoms with van der Waals surface area (Å²) >= 11 is 0. The molecule has 0 unspecified atom stereocenters. The fourth-order valence-electron chi connectivity index (χ4n) is 4.32. The number of halogens is 1. The number of aromatic nitrogens is 5. The summed E-state index contributed by atoms with van der Waals surface area (Å²) in [4.78, 5) is 22.9. The van der Waals surface area contributed by atoms with Gasteiger partial charge in [-0.2, -0.15) is 0 Å². The molecular weight excluding hydrogens is 407 g/mol. The topological polar surface area (TPSA) is 94.7 Å². The first-order valence-corrected chi connectivity index (χ1v) is 10.7. The van der Waals surface area contributed by atoms with Crippen LogP contribution in [0.2, 0.25) is 0 Å². The van der Waals surface area contributed by atoms with Crippen LogP contribution < -0.4 is 15.5 Å². The van der Waals surface area contributed by atoms with Crippen molar-refractivity contribution in [1.29, 1.82) is 0 Å². The predicted octanol–water partition coefficient (Wildman–Crippen LogP) is 3.35. The molecule has 5 rings (SSSR count). The number of nitrogens with one attached hydrogen (secondary N) is 3. The van der Waals surface area contributed by atoms with Crippen molar-refractivity contribution in [3.8, 4) is 11.1 Å². The van der Waals surface area contributed by atoms with Gasteiger partial charge in [0.05, 0.1) is 18.4 Å². The van der Waals surface area contributed by atoms with E-state index in [0.717, 1.165) is 41.4 Å². The smallest absolute Gasteiger partial charge is 0.225 e. The Balaban J connectivity index is 1.41. The molecule has 9 heteroatoms. The van der Waals surface area contributed by atoms with E-state index in [0.29, 0.717) is 29.8 Å². The molecule has 0 bridgehead atoms. The summed E-state index contributed by atoms with van der Waals surface area (Å²) < 4.78 is 14.4. The third-order valence-corrected chi connectivity index (χ3v) is 5.64. The number of fused-ring (bicyclic) bond motifs is 1. The quantitative estimate of drug-likeness (QED) is 0.445. The van der Waals surface area contributed by atoms with E-state index >= 15 is 0 Å². The van der Waals surface area contributed by atoms with Gasteiger partial charge in [-0.3, -0.25) is 4.98 Å². The van der Waals surface area contributed by atoms with Crippen molar-refractivity contribution in [3.63, 3.8) is 0 Å². The number of aromatic amines is 1. The normalized spacial score (nSPS) is 18.8. The summed E-state index contributed by atoms with van der Waals surface area (Å²) in [7, 11) is 0. The van der Waals surface area contributed by atoms with Crippen LogP contribution in [-0.4, -0.2) is 50.1 Å². The Labute approximate surface area is 185 Å². The highest BCUT2D eigenvalue weighted by Crippen LogP contribution is 2.34. The Kier molecular flexibility index (Phi) is 5.40. The molecule has 4 aromatic rings. The Bertz CT molecular complexity index is 1230. The molecule has 2 atom stereocenters. The summed E-state index contributed by atoms with van der Waals surface area (Å²) in [6.07, 6.45) is 8.10. The van der Waals surface area contributed by atoms with Gasteiger partial charge in [-0.05, 0) is 32.0 Å². The number of pyridine rings is 2. The van der Waals surface area contributed by atoms with E-state index in [1.54, 1.807) is 30.9 Å². The first-order chi connectivity index (χ1) is 15.6.